The van der Waals surface area contributed by atoms with E-state index in [1.54, 1.807) is 0 Å². The van der Waals surface area contributed by atoms with E-state index >= 15 is 0 Å². The number of rotatable bonds is 4. The predicted octanol–water partition coefficient (Wildman–Crippen LogP) is 5.63. The lowest BCUT2D eigenvalue weighted by Crippen LogP contribution is -1.97. The highest BCUT2D eigenvalue weighted by molar-refractivity contribution is 5.98. The Morgan fingerprint density at radius 3 is 2.55 bits per heavy atom. The predicted molar refractivity (Wildman–Crippen MR) is 117 cm³/mol. The van der Waals surface area contributed by atoms with Crippen LogP contribution in [0, 0.1) is 11.3 Å². The molecule has 2 aromatic heterocycles. The summed E-state index contributed by atoms with van der Waals surface area (Å²) in [5.74, 6) is 0.591. The summed E-state index contributed by atoms with van der Waals surface area (Å²) >= 11 is 0. The minimum Gasteiger partial charge on any atom is -0.342 e. The summed E-state index contributed by atoms with van der Waals surface area (Å²) < 4.78 is 2.23. The molecule has 138 valence electrons. The lowest BCUT2D eigenvalue weighted by atomic mass is 10.1. The Morgan fingerprint density at radius 2 is 1.72 bits per heavy atom. The number of fused-ring (bicyclic) bond motifs is 2. The fourth-order valence-electron chi connectivity index (χ4n) is 3.69. The molecule has 1 N–H and O–H groups in total. The zero-order chi connectivity index (χ0) is 19.6. The molecule has 0 spiro atoms. The molecular weight excluding hydrogens is 356 g/mol. The second-order valence-electron chi connectivity index (χ2n) is 6.99. The Morgan fingerprint density at radius 1 is 0.966 bits per heavy atom. The maximum Gasteiger partial charge on any atom is 0.149 e. The van der Waals surface area contributed by atoms with Gasteiger partial charge in [0.1, 0.15) is 11.9 Å². The molecule has 0 radical (unpaired) electrons. The number of nitrogens with one attached hydrogen (secondary N) is 1. The van der Waals surface area contributed by atoms with Crippen molar-refractivity contribution >= 4 is 33.6 Å². The maximum atomic E-state index is 9.79. The molecule has 0 aliphatic carbocycles. The van der Waals surface area contributed by atoms with Crippen LogP contribution < -0.4 is 0 Å². The molecule has 0 fully saturated rings. The lowest BCUT2D eigenvalue weighted by Gasteiger charge is -2.05. The van der Waals surface area contributed by atoms with Crippen molar-refractivity contribution in [2.45, 2.75) is 6.54 Å². The van der Waals surface area contributed by atoms with Gasteiger partial charge >= 0.3 is 0 Å². The number of benzene rings is 3. The highest BCUT2D eigenvalue weighted by Gasteiger charge is 2.11. The van der Waals surface area contributed by atoms with Crippen molar-refractivity contribution in [2.75, 3.05) is 0 Å². The normalized spacial score (nSPS) is 11.8. The minimum absolute atomic E-state index is 0.517. The van der Waals surface area contributed by atoms with Crippen LogP contribution in [0.1, 0.15) is 17.0 Å². The van der Waals surface area contributed by atoms with Gasteiger partial charge in [-0.3, -0.25) is 0 Å². The largest absolute Gasteiger partial charge is 0.342 e. The molecule has 0 saturated carbocycles. The van der Waals surface area contributed by atoms with Gasteiger partial charge in [-0.25, -0.2) is 4.98 Å². The second-order valence-corrected chi connectivity index (χ2v) is 6.99. The van der Waals surface area contributed by atoms with E-state index < -0.39 is 0 Å². The SMILES string of the molecule is N#C/C(=C\c1cn(Cc2ccccc2)c2ccccc12)c1nc2ccccc2[nH]1. The summed E-state index contributed by atoms with van der Waals surface area (Å²) in [6.45, 7) is 0.779. The van der Waals surface area contributed by atoms with Crippen molar-refractivity contribution in [1.29, 1.82) is 5.26 Å². The Hall–Kier alpha value is -4.10. The number of hydrogen-bond acceptors (Lipinski definition) is 2. The van der Waals surface area contributed by atoms with Crippen LogP contribution in [-0.4, -0.2) is 14.5 Å². The lowest BCUT2D eigenvalue weighted by molar-refractivity contribution is 0.836. The number of nitrogens with zero attached hydrogens (tertiary/aromatic N) is 3. The fraction of sp³-hybridized carbons (Fsp3) is 0.0400. The number of para-hydroxylation sites is 3. The topological polar surface area (TPSA) is 57.4 Å². The zero-order valence-corrected chi connectivity index (χ0v) is 15.7. The Balaban J connectivity index is 1.61. The van der Waals surface area contributed by atoms with E-state index in [9.17, 15) is 5.26 Å². The number of allylic oxidation sites excluding steroid dienone is 1. The van der Waals surface area contributed by atoms with Crippen molar-refractivity contribution in [1.82, 2.24) is 14.5 Å². The molecule has 0 saturated heterocycles. The van der Waals surface area contributed by atoms with Crippen LogP contribution in [0.5, 0.6) is 0 Å². The van der Waals surface area contributed by atoms with Crippen molar-refractivity contribution in [3.8, 4) is 6.07 Å². The van der Waals surface area contributed by atoms with Gasteiger partial charge in [-0.05, 0) is 29.8 Å². The smallest absolute Gasteiger partial charge is 0.149 e. The first-order chi connectivity index (χ1) is 14.3. The van der Waals surface area contributed by atoms with Crippen LogP contribution in [0.4, 0.5) is 0 Å². The molecule has 0 aliphatic rings. The van der Waals surface area contributed by atoms with E-state index in [1.165, 1.54) is 5.56 Å². The van der Waals surface area contributed by atoms with Crippen LogP contribution in [0.25, 0.3) is 33.6 Å². The number of aromatic amines is 1. The standard InChI is InChI=1S/C25H18N4/c26-15-19(25-27-22-11-5-6-12-23(22)28-25)14-20-17-29(16-18-8-2-1-3-9-18)24-13-7-4-10-21(20)24/h1-14,17H,16H2,(H,27,28)/b19-14+. The van der Waals surface area contributed by atoms with Crippen molar-refractivity contribution in [3.05, 3.63) is 102 Å². The summed E-state index contributed by atoms with van der Waals surface area (Å²) in [5.41, 5.74) is 5.69. The molecular formula is C25H18N4. The van der Waals surface area contributed by atoms with Gasteiger partial charge in [-0.15, -0.1) is 0 Å². The third-order valence-electron chi connectivity index (χ3n) is 5.08. The molecule has 29 heavy (non-hydrogen) atoms. The van der Waals surface area contributed by atoms with Gasteiger partial charge in [0, 0.05) is 29.2 Å². The average Bonchev–Trinajstić information content (AvgIpc) is 3.34. The second kappa shape index (κ2) is 7.14. The third kappa shape index (κ3) is 3.19. The Bertz CT molecular complexity index is 1350. The molecule has 5 aromatic rings. The molecule has 0 bridgehead atoms. The van der Waals surface area contributed by atoms with E-state index in [-0.39, 0.29) is 0 Å². The van der Waals surface area contributed by atoms with E-state index in [2.05, 4.69) is 63.2 Å². The number of aromatic nitrogens is 3. The first kappa shape index (κ1) is 17.0. The summed E-state index contributed by atoms with van der Waals surface area (Å²) in [6, 6.07) is 28.8. The monoisotopic (exact) mass is 374 g/mol. The average molecular weight is 374 g/mol. The van der Waals surface area contributed by atoms with Crippen LogP contribution in [0.2, 0.25) is 0 Å². The summed E-state index contributed by atoms with van der Waals surface area (Å²) in [6.07, 6.45) is 4.03. The molecule has 3 aromatic carbocycles. The number of hydrogen-bond donors (Lipinski definition) is 1. The first-order valence-electron chi connectivity index (χ1n) is 9.50. The fourth-order valence-corrected chi connectivity index (χ4v) is 3.69. The number of imidazole rings is 1. The highest BCUT2D eigenvalue weighted by atomic mass is 15.0. The Labute approximate surface area is 168 Å². The first-order valence-corrected chi connectivity index (χ1v) is 9.50. The van der Waals surface area contributed by atoms with Gasteiger partial charge in [-0.2, -0.15) is 5.26 Å². The van der Waals surface area contributed by atoms with Gasteiger partial charge in [0.05, 0.1) is 16.6 Å². The van der Waals surface area contributed by atoms with E-state index in [0.717, 1.165) is 34.0 Å². The Kier molecular flexibility index (Phi) is 4.19. The van der Waals surface area contributed by atoms with E-state index in [1.807, 2.05) is 48.5 Å². The van der Waals surface area contributed by atoms with Crippen molar-refractivity contribution < 1.29 is 0 Å². The quantitative estimate of drug-likeness (QED) is 0.415. The van der Waals surface area contributed by atoms with E-state index in [0.29, 0.717) is 11.4 Å². The maximum absolute atomic E-state index is 9.79. The van der Waals surface area contributed by atoms with Gasteiger partial charge < -0.3 is 9.55 Å². The van der Waals surface area contributed by atoms with Crippen LogP contribution in [0.15, 0.2) is 85.1 Å². The zero-order valence-electron chi connectivity index (χ0n) is 15.7. The molecule has 0 amide bonds. The van der Waals surface area contributed by atoms with Crippen LogP contribution >= 0.6 is 0 Å². The molecule has 0 atom stereocenters. The van der Waals surface area contributed by atoms with Gasteiger partial charge in [0.2, 0.25) is 0 Å². The van der Waals surface area contributed by atoms with Crippen LogP contribution in [0.3, 0.4) is 0 Å². The van der Waals surface area contributed by atoms with Gasteiger partial charge in [0.25, 0.3) is 0 Å². The molecule has 4 heteroatoms. The van der Waals surface area contributed by atoms with Gasteiger partial charge in [-0.1, -0.05) is 60.7 Å². The summed E-state index contributed by atoms with van der Waals surface area (Å²) in [4.78, 5) is 7.83. The molecule has 0 aliphatic heterocycles. The van der Waals surface area contributed by atoms with E-state index in [4.69, 9.17) is 0 Å². The summed E-state index contributed by atoms with van der Waals surface area (Å²) in [7, 11) is 0. The highest BCUT2D eigenvalue weighted by Crippen LogP contribution is 2.27. The molecule has 4 nitrogen and oxygen atoms in total. The van der Waals surface area contributed by atoms with Crippen molar-refractivity contribution in [2.24, 2.45) is 0 Å². The number of H-pyrrole nitrogens is 1. The summed E-state index contributed by atoms with van der Waals surface area (Å²) in [5, 5.41) is 10.9. The number of nitriles is 1. The van der Waals surface area contributed by atoms with Gasteiger partial charge in [0.15, 0.2) is 0 Å². The van der Waals surface area contributed by atoms with Crippen LogP contribution in [-0.2, 0) is 6.54 Å². The van der Waals surface area contributed by atoms with Crippen molar-refractivity contribution in [3.63, 3.8) is 0 Å². The third-order valence-corrected chi connectivity index (χ3v) is 5.08. The molecule has 5 rings (SSSR count). The molecule has 0 unspecified atom stereocenters. The molecule has 2 heterocycles. The minimum atomic E-state index is 0.517.